The molecular weight excluding hydrogens is 230 g/mol. The van der Waals surface area contributed by atoms with Crippen LogP contribution in [-0.4, -0.2) is 11.2 Å². The van der Waals surface area contributed by atoms with Crippen LogP contribution in [0.5, 0.6) is 0 Å². The van der Waals surface area contributed by atoms with E-state index in [9.17, 15) is 5.11 Å². The van der Waals surface area contributed by atoms with Gasteiger partial charge in [-0.05, 0) is 25.5 Å². The lowest BCUT2D eigenvalue weighted by Crippen LogP contribution is -2.23. The van der Waals surface area contributed by atoms with Crippen molar-refractivity contribution >= 4 is 15.9 Å². The van der Waals surface area contributed by atoms with Gasteiger partial charge in [-0.2, -0.15) is 0 Å². The Morgan fingerprint density at radius 3 is 2.62 bits per heavy atom. The zero-order chi connectivity index (χ0) is 10.0. The van der Waals surface area contributed by atoms with Gasteiger partial charge in [0, 0.05) is 4.47 Å². The molecule has 0 amide bonds. The minimum Gasteiger partial charge on any atom is -0.391 e. The summed E-state index contributed by atoms with van der Waals surface area (Å²) < 4.78 is 0.950. The molecule has 0 bridgehead atoms. The smallest absolute Gasteiger partial charge is 0.0705 e. The Balaban J connectivity index is 3.05. The number of aliphatic hydroxyl groups is 1. The van der Waals surface area contributed by atoms with Gasteiger partial charge in [0.25, 0.3) is 0 Å². The molecule has 0 aromatic heterocycles. The fraction of sp³-hybridized carbons (Fsp3) is 0.400. The van der Waals surface area contributed by atoms with Gasteiger partial charge in [-0.3, -0.25) is 0 Å². The van der Waals surface area contributed by atoms with Crippen molar-refractivity contribution in [2.45, 2.75) is 26.0 Å². The number of aliphatic hydroxyl groups excluding tert-OH is 1. The highest BCUT2D eigenvalue weighted by Gasteiger charge is 2.14. The van der Waals surface area contributed by atoms with Crippen LogP contribution in [0, 0.1) is 6.92 Å². The van der Waals surface area contributed by atoms with E-state index in [2.05, 4.69) is 15.9 Å². The van der Waals surface area contributed by atoms with Gasteiger partial charge < -0.3 is 10.8 Å². The second kappa shape index (κ2) is 4.22. The molecule has 3 N–H and O–H groups in total. The topological polar surface area (TPSA) is 46.2 Å². The summed E-state index contributed by atoms with van der Waals surface area (Å²) in [5.74, 6) is 0. The Bertz CT molecular complexity index is 299. The molecule has 0 saturated carbocycles. The summed E-state index contributed by atoms with van der Waals surface area (Å²) in [6.45, 7) is 3.70. The van der Waals surface area contributed by atoms with E-state index in [0.29, 0.717) is 0 Å². The molecule has 1 aromatic carbocycles. The molecule has 3 heteroatoms. The number of nitrogens with two attached hydrogens (primary N) is 1. The molecule has 0 radical (unpaired) electrons. The van der Waals surface area contributed by atoms with Gasteiger partial charge in [0.1, 0.15) is 0 Å². The van der Waals surface area contributed by atoms with Gasteiger partial charge in [-0.15, -0.1) is 0 Å². The summed E-state index contributed by atoms with van der Waals surface area (Å²) in [5, 5.41) is 9.34. The zero-order valence-corrected chi connectivity index (χ0v) is 9.38. The van der Waals surface area contributed by atoms with Gasteiger partial charge in [0.2, 0.25) is 0 Å². The van der Waals surface area contributed by atoms with E-state index in [1.165, 1.54) is 0 Å². The Morgan fingerprint density at radius 2 is 2.08 bits per heavy atom. The van der Waals surface area contributed by atoms with Crippen molar-refractivity contribution in [3.63, 3.8) is 0 Å². The van der Waals surface area contributed by atoms with Crippen molar-refractivity contribution in [2.75, 3.05) is 0 Å². The Labute approximate surface area is 86.9 Å². The number of benzene rings is 1. The van der Waals surface area contributed by atoms with Crippen LogP contribution in [0.25, 0.3) is 0 Å². The lowest BCUT2D eigenvalue weighted by Gasteiger charge is -2.17. The molecular formula is C10H14BrNO. The van der Waals surface area contributed by atoms with Gasteiger partial charge >= 0.3 is 0 Å². The summed E-state index contributed by atoms with van der Waals surface area (Å²) >= 11 is 3.41. The summed E-state index contributed by atoms with van der Waals surface area (Å²) in [5.41, 5.74) is 7.93. The van der Waals surface area contributed by atoms with Crippen LogP contribution in [0.3, 0.4) is 0 Å². The van der Waals surface area contributed by atoms with Crippen LogP contribution < -0.4 is 5.73 Å². The molecule has 13 heavy (non-hydrogen) atoms. The normalized spacial score (nSPS) is 15.5. The molecule has 1 rings (SSSR count). The fourth-order valence-corrected chi connectivity index (χ4v) is 1.69. The van der Waals surface area contributed by atoms with Crippen LogP contribution in [0.1, 0.15) is 24.1 Å². The molecule has 0 aliphatic carbocycles. The lowest BCUT2D eigenvalue weighted by molar-refractivity contribution is 0.164. The van der Waals surface area contributed by atoms with Gasteiger partial charge in [-0.25, -0.2) is 0 Å². The minimum absolute atomic E-state index is 0.325. The number of hydrogen-bond donors (Lipinski definition) is 2. The highest BCUT2D eigenvalue weighted by atomic mass is 79.9. The Kier molecular flexibility index (Phi) is 3.47. The summed E-state index contributed by atoms with van der Waals surface area (Å²) in [6.07, 6.45) is -0.530. The van der Waals surface area contributed by atoms with Crippen LogP contribution in [0.2, 0.25) is 0 Å². The van der Waals surface area contributed by atoms with Crippen molar-refractivity contribution in [3.05, 3.63) is 33.8 Å². The molecule has 2 nitrogen and oxygen atoms in total. The summed E-state index contributed by atoms with van der Waals surface area (Å²) in [7, 11) is 0. The van der Waals surface area contributed by atoms with Crippen molar-refractivity contribution in [1.29, 1.82) is 0 Å². The number of aryl methyl sites for hydroxylation is 1. The highest BCUT2D eigenvalue weighted by molar-refractivity contribution is 9.10. The molecule has 2 atom stereocenters. The maximum absolute atomic E-state index is 9.34. The van der Waals surface area contributed by atoms with Crippen molar-refractivity contribution in [1.82, 2.24) is 0 Å². The summed E-state index contributed by atoms with van der Waals surface area (Å²) in [6, 6.07) is 5.62. The van der Waals surface area contributed by atoms with E-state index < -0.39 is 6.10 Å². The molecule has 0 saturated heterocycles. The molecule has 0 spiro atoms. The quantitative estimate of drug-likeness (QED) is 0.837. The van der Waals surface area contributed by atoms with Gasteiger partial charge in [0.05, 0.1) is 12.1 Å². The highest BCUT2D eigenvalue weighted by Crippen LogP contribution is 2.24. The zero-order valence-electron chi connectivity index (χ0n) is 7.79. The second-order valence-electron chi connectivity index (χ2n) is 3.29. The van der Waals surface area contributed by atoms with Crippen molar-refractivity contribution in [2.24, 2.45) is 5.73 Å². The van der Waals surface area contributed by atoms with E-state index in [1.54, 1.807) is 6.92 Å². The van der Waals surface area contributed by atoms with Crippen molar-refractivity contribution in [3.8, 4) is 0 Å². The third-order valence-electron chi connectivity index (χ3n) is 2.03. The molecule has 1 aromatic rings. The van der Waals surface area contributed by atoms with E-state index in [4.69, 9.17) is 5.73 Å². The van der Waals surface area contributed by atoms with Crippen LogP contribution in [-0.2, 0) is 0 Å². The first-order valence-corrected chi connectivity index (χ1v) is 5.01. The third-order valence-corrected chi connectivity index (χ3v) is 2.75. The SMILES string of the molecule is Cc1ccc(Br)c([C@@H](N)[C@H](C)O)c1. The minimum atomic E-state index is -0.530. The van der Waals surface area contributed by atoms with Crippen LogP contribution in [0.4, 0.5) is 0 Å². The van der Waals surface area contributed by atoms with E-state index in [0.717, 1.165) is 15.6 Å². The van der Waals surface area contributed by atoms with Crippen LogP contribution in [0.15, 0.2) is 22.7 Å². The first-order valence-electron chi connectivity index (χ1n) is 4.22. The van der Waals surface area contributed by atoms with Crippen molar-refractivity contribution < 1.29 is 5.11 Å². The fourth-order valence-electron chi connectivity index (χ4n) is 1.18. The first-order chi connectivity index (χ1) is 6.02. The summed E-state index contributed by atoms with van der Waals surface area (Å²) in [4.78, 5) is 0. The maximum atomic E-state index is 9.34. The lowest BCUT2D eigenvalue weighted by atomic mass is 10.0. The van der Waals surface area contributed by atoms with Gasteiger partial charge in [-0.1, -0.05) is 33.6 Å². The standard InChI is InChI=1S/C10H14BrNO/c1-6-3-4-9(11)8(5-6)10(12)7(2)13/h3-5,7,10,13H,12H2,1-2H3/t7-,10-/m0/s1. The number of halogens is 1. The monoisotopic (exact) mass is 243 g/mol. The van der Waals surface area contributed by atoms with E-state index in [1.807, 2.05) is 25.1 Å². The molecule has 0 aliphatic heterocycles. The second-order valence-corrected chi connectivity index (χ2v) is 4.15. The van der Waals surface area contributed by atoms with Crippen LogP contribution >= 0.6 is 15.9 Å². The third kappa shape index (κ3) is 2.53. The molecule has 0 fully saturated rings. The number of rotatable bonds is 2. The largest absolute Gasteiger partial charge is 0.391 e. The average Bonchev–Trinajstić information content (AvgIpc) is 2.08. The maximum Gasteiger partial charge on any atom is 0.0705 e. The predicted octanol–water partition coefficient (Wildman–Crippen LogP) is 2.14. The van der Waals surface area contributed by atoms with E-state index >= 15 is 0 Å². The average molecular weight is 244 g/mol. The van der Waals surface area contributed by atoms with E-state index in [-0.39, 0.29) is 6.04 Å². The van der Waals surface area contributed by atoms with Gasteiger partial charge in [0.15, 0.2) is 0 Å². The Morgan fingerprint density at radius 1 is 1.46 bits per heavy atom. The predicted molar refractivity (Wildman–Crippen MR) is 57.5 cm³/mol. The molecule has 72 valence electrons. The number of hydrogen-bond acceptors (Lipinski definition) is 2. The first kappa shape index (κ1) is 10.7. The Hall–Kier alpha value is -0.380. The molecule has 0 aliphatic rings. The molecule has 0 heterocycles. The molecule has 0 unspecified atom stereocenters.